The van der Waals surface area contributed by atoms with Crippen molar-refractivity contribution < 1.29 is 13.7 Å². The summed E-state index contributed by atoms with van der Waals surface area (Å²) in [6.45, 7) is 4.63. The quantitative estimate of drug-likeness (QED) is 0.754. The molecule has 0 spiro atoms. The minimum atomic E-state index is -0.437. The van der Waals surface area contributed by atoms with Gasteiger partial charge in [-0.3, -0.25) is 0 Å². The first kappa shape index (κ1) is 10.3. The Morgan fingerprint density at radius 3 is 2.87 bits per heavy atom. The third-order valence-corrected chi connectivity index (χ3v) is 2.36. The van der Waals surface area contributed by atoms with Crippen LogP contribution in [0.1, 0.15) is 37.9 Å². The van der Waals surface area contributed by atoms with E-state index in [4.69, 9.17) is 9.26 Å². The maximum Gasteiger partial charge on any atom is 0.286 e. The monoisotopic (exact) mass is 212 g/mol. The summed E-state index contributed by atoms with van der Waals surface area (Å²) in [7, 11) is 0. The zero-order chi connectivity index (χ0) is 10.8. The Morgan fingerprint density at radius 1 is 1.47 bits per heavy atom. The van der Waals surface area contributed by atoms with Crippen molar-refractivity contribution >= 4 is 5.83 Å². The smallest absolute Gasteiger partial charge is 0.286 e. The second-order valence-corrected chi connectivity index (χ2v) is 3.83. The molecule has 0 radical (unpaired) electrons. The fourth-order valence-corrected chi connectivity index (χ4v) is 1.44. The number of hydrogen-bond donors (Lipinski definition) is 0. The summed E-state index contributed by atoms with van der Waals surface area (Å²) in [6.07, 6.45) is 0.870. The van der Waals surface area contributed by atoms with Gasteiger partial charge in [-0.05, 0) is 25.8 Å². The van der Waals surface area contributed by atoms with Crippen LogP contribution in [0, 0.1) is 0 Å². The number of halogens is 1. The van der Waals surface area contributed by atoms with E-state index in [1.807, 2.05) is 0 Å². The maximum absolute atomic E-state index is 13.4. The van der Waals surface area contributed by atoms with Crippen LogP contribution in [0.2, 0.25) is 0 Å². The van der Waals surface area contributed by atoms with E-state index >= 15 is 0 Å². The van der Waals surface area contributed by atoms with E-state index in [1.165, 1.54) is 0 Å². The molecule has 4 nitrogen and oxygen atoms in total. The molecule has 0 saturated carbocycles. The molecular weight excluding hydrogens is 199 g/mol. The van der Waals surface area contributed by atoms with Gasteiger partial charge in [-0.1, -0.05) is 5.16 Å². The van der Waals surface area contributed by atoms with E-state index in [2.05, 4.69) is 10.1 Å². The zero-order valence-corrected chi connectivity index (χ0v) is 8.79. The Labute approximate surface area is 87.1 Å². The predicted octanol–water partition coefficient (Wildman–Crippen LogP) is 2.29. The molecule has 1 aromatic heterocycles. The van der Waals surface area contributed by atoms with E-state index < -0.39 is 5.83 Å². The molecule has 1 fully saturated rings. The van der Waals surface area contributed by atoms with Crippen LogP contribution in [0.4, 0.5) is 4.39 Å². The van der Waals surface area contributed by atoms with Gasteiger partial charge in [0.2, 0.25) is 0 Å². The molecule has 0 amide bonds. The molecule has 0 unspecified atom stereocenters. The number of aromatic nitrogens is 2. The normalized spacial score (nSPS) is 20.6. The molecule has 1 aliphatic rings. The lowest BCUT2D eigenvalue weighted by Crippen LogP contribution is -1.99. The SMILES string of the molecule is CC(C)=C(F)c1nc([C@H]2CCOC2)no1. The topological polar surface area (TPSA) is 48.2 Å². The molecule has 1 aromatic rings. The Morgan fingerprint density at radius 2 is 2.27 bits per heavy atom. The lowest BCUT2D eigenvalue weighted by molar-refractivity contribution is 0.192. The zero-order valence-electron chi connectivity index (χ0n) is 8.79. The molecule has 0 N–H and O–H groups in total. The summed E-state index contributed by atoms with van der Waals surface area (Å²) in [5.41, 5.74) is 0.535. The number of nitrogens with zero attached hydrogens (tertiary/aromatic N) is 2. The third-order valence-electron chi connectivity index (χ3n) is 2.36. The van der Waals surface area contributed by atoms with Crippen molar-refractivity contribution in [1.82, 2.24) is 10.1 Å². The van der Waals surface area contributed by atoms with Crippen molar-refractivity contribution in [3.05, 3.63) is 17.3 Å². The summed E-state index contributed by atoms with van der Waals surface area (Å²) >= 11 is 0. The molecule has 1 atom stereocenters. The Hall–Kier alpha value is -1.23. The van der Waals surface area contributed by atoms with Gasteiger partial charge in [-0.25, -0.2) is 4.39 Å². The predicted molar refractivity (Wildman–Crippen MR) is 51.9 cm³/mol. The Balaban J connectivity index is 2.20. The van der Waals surface area contributed by atoms with Gasteiger partial charge in [0.1, 0.15) is 0 Å². The van der Waals surface area contributed by atoms with Gasteiger partial charge in [0, 0.05) is 12.5 Å². The largest absolute Gasteiger partial charge is 0.381 e. The lowest BCUT2D eigenvalue weighted by atomic mass is 10.1. The Kier molecular flexibility index (Phi) is 2.81. The number of allylic oxidation sites excluding steroid dienone is 1. The van der Waals surface area contributed by atoms with E-state index in [1.54, 1.807) is 13.8 Å². The van der Waals surface area contributed by atoms with Crippen molar-refractivity contribution in [2.45, 2.75) is 26.2 Å². The Bertz CT molecular complexity index is 377. The highest BCUT2D eigenvalue weighted by Crippen LogP contribution is 2.25. The van der Waals surface area contributed by atoms with Gasteiger partial charge in [-0.15, -0.1) is 0 Å². The van der Waals surface area contributed by atoms with Crippen LogP contribution in [0.15, 0.2) is 10.1 Å². The molecule has 0 aromatic carbocycles. The molecule has 1 aliphatic heterocycles. The van der Waals surface area contributed by atoms with Gasteiger partial charge >= 0.3 is 0 Å². The molecule has 5 heteroatoms. The van der Waals surface area contributed by atoms with Crippen LogP contribution in [-0.4, -0.2) is 23.4 Å². The summed E-state index contributed by atoms with van der Waals surface area (Å²) in [4.78, 5) is 4.02. The minimum absolute atomic E-state index is 0.0306. The van der Waals surface area contributed by atoms with Crippen molar-refractivity contribution in [2.75, 3.05) is 13.2 Å². The number of hydrogen-bond acceptors (Lipinski definition) is 4. The molecule has 15 heavy (non-hydrogen) atoms. The molecular formula is C10H13FN2O2. The highest BCUT2D eigenvalue weighted by Gasteiger charge is 2.24. The molecule has 2 rings (SSSR count). The van der Waals surface area contributed by atoms with Crippen LogP contribution in [0.3, 0.4) is 0 Å². The summed E-state index contributed by atoms with van der Waals surface area (Å²) < 4.78 is 23.5. The fraction of sp³-hybridized carbons (Fsp3) is 0.600. The molecule has 1 saturated heterocycles. The van der Waals surface area contributed by atoms with Crippen molar-refractivity contribution in [1.29, 1.82) is 0 Å². The third kappa shape index (κ3) is 2.07. The number of rotatable bonds is 2. The minimum Gasteiger partial charge on any atom is -0.381 e. The van der Waals surface area contributed by atoms with Gasteiger partial charge in [0.15, 0.2) is 11.7 Å². The van der Waals surface area contributed by atoms with E-state index in [-0.39, 0.29) is 11.8 Å². The molecule has 82 valence electrons. The summed E-state index contributed by atoms with van der Waals surface area (Å²) in [6, 6.07) is 0. The van der Waals surface area contributed by atoms with Crippen molar-refractivity contribution in [3.8, 4) is 0 Å². The van der Waals surface area contributed by atoms with Crippen LogP contribution < -0.4 is 0 Å². The highest BCUT2D eigenvalue weighted by atomic mass is 19.1. The standard InChI is InChI=1S/C10H13FN2O2/c1-6(2)8(11)10-12-9(13-15-10)7-3-4-14-5-7/h7H,3-5H2,1-2H3/t7-/m0/s1. The first-order valence-corrected chi connectivity index (χ1v) is 4.93. The van der Waals surface area contributed by atoms with Gasteiger partial charge in [0.05, 0.1) is 6.61 Å². The summed E-state index contributed by atoms with van der Waals surface area (Å²) in [5.74, 6) is 0.218. The highest BCUT2D eigenvalue weighted by molar-refractivity contribution is 5.53. The van der Waals surface area contributed by atoms with Crippen LogP contribution in [0.25, 0.3) is 5.83 Å². The second-order valence-electron chi connectivity index (χ2n) is 3.83. The molecule has 2 heterocycles. The van der Waals surface area contributed by atoms with E-state index in [0.29, 0.717) is 24.6 Å². The average Bonchev–Trinajstić information content (AvgIpc) is 2.86. The number of ether oxygens (including phenoxy) is 1. The van der Waals surface area contributed by atoms with Crippen LogP contribution in [0.5, 0.6) is 0 Å². The van der Waals surface area contributed by atoms with Gasteiger partial charge < -0.3 is 9.26 Å². The van der Waals surface area contributed by atoms with E-state index in [0.717, 1.165) is 6.42 Å². The van der Waals surface area contributed by atoms with E-state index in [9.17, 15) is 4.39 Å². The molecule has 0 bridgehead atoms. The first-order valence-electron chi connectivity index (χ1n) is 4.93. The van der Waals surface area contributed by atoms with Gasteiger partial charge in [0.25, 0.3) is 5.89 Å². The maximum atomic E-state index is 13.4. The molecule has 0 aliphatic carbocycles. The fourth-order valence-electron chi connectivity index (χ4n) is 1.44. The van der Waals surface area contributed by atoms with Crippen LogP contribution in [-0.2, 0) is 4.74 Å². The summed E-state index contributed by atoms with van der Waals surface area (Å²) in [5, 5.41) is 3.76. The van der Waals surface area contributed by atoms with Crippen molar-refractivity contribution in [3.63, 3.8) is 0 Å². The lowest BCUT2D eigenvalue weighted by Gasteiger charge is -1.97. The first-order chi connectivity index (χ1) is 7.18. The van der Waals surface area contributed by atoms with Gasteiger partial charge in [-0.2, -0.15) is 4.98 Å². The van der Waals surface area contributed by atoms with Crippen molar-refractivity contribution in [2.24, 2.45) is 0 Å². The van der Waals surface area contributed by atoms with Crippen LogP contribution >= 0.6 is 0 Å². The average molecular weight is 212 g/mol. The second kappa shape index (κ2) is 4.10.